The summed E-state index contributed by atoms with van der Waals surface area (Å²) >= 11 is 5.80. The highest BCUT2D eigenvalue weighted by molar-refractivity contribution is 6.30. The van der Waals surface area contributed by atoms with Crippen LogP contribution in [0.2, 0.25) is 5.02 Å². The van der Waals surface area contributed by atoms with E-state index in [1.54, 1.807) is 38.1 Å². The molecule has 0 unspecified atom stereocenters. The van der Waals surface area contributed by atoms with Gasteiger partial charge in [-0.25, -0.2) is 0 Å². The summed E-state index contributed by atoms with van der Waals surface area (Å²) in [6.45, 7) is 3.86. The van der Waals surface area contributed by atoms with Crippen molar-refractivity contribution in [1.82, 2.24) is 5.32 Å². The van der Waals surface area contributed by atoms with E-state index in [1.807, 2.05) is 24.3 Å². The van der Waals surface area contributed by atoms with Gasteiger partial charge in [-0.3, -0.25) is 9.59 Å². The van der Waals surface area contributed by atoms with Gasteiger partial charge in [0.05, 0.1) is 5.41 Å². The molecule has 0 bridgehead atoms. The molecule has 2 aromatic carbocycles. The lowest BCUT2D eigenvalue weighted by Gasteiger charge is -2.19. The van der Waals surface area contributed by atoms with E-state index in [0.29, 0.717) is 23.6 Å². The molecule has 0 saturated heterocycles. The predicted molar refractivity (Wildman–Crippen MR) is 94.6 cm³/mol. The van der Waals surface area contributed by atoms with Gasteiger partial charge in [0.1, 0.15) is 0 Å². The van der Waals surface area contributed by atoms with Gasteiger partial charge in [-0.15, -0.1) is 0 Å². The van der Waals surface area contributed by atoms with E-state index in [9.17, 15) is 14.7 Å². The summed E-state index contributed by atoms with van der Waals surface area (Å²) < 4.78 is 0. The van der Waals surface area contributed by atoms with Gasteiger partial charge in [-0.2, -0.15) is 0 Å². The largest absolute Gasteiger partial charge is 0.481 e. The zero-order chi connectivity index (χ0) is 17.7. The maximum atomic E-state index is 12.0. The smallest absolute Gasteiger partial charge is 0.313 e. The first kappa shape index (κ1) is 18.0. The van der Waals surface area contributed by atoms with Crippen molar-refractivity contribution in [2.24, 2.45) is 0 Å². The maximum absolute atomic E-state index is 12.0. The van der Waals surface area contributed by atoms with Crippen LogP contribution < -0.4 is 5.32 Å². The molecule has 0 aromatic heterocycles. The molecule has 0 spiro atoms. The number of hydrogen-bond donors (Lipinski definition) is 2. The van der Waals surface area contributed by atoms with Crippen molar-refractivity contribution in [2.75, 3.05) is 6.54 Å². The van der Waals surface area contributed by atoms with Gasteiger partial charge < -0.3 is 10.4 Å². The monoisotopic (exact) mass is 345 g/mol. The molecule has 2 N–H and O–H groups in total. The van der Waals surface area contributed by atoms with Crippen LogP contribution in [0.15, 0.2) is 48.5 Å². The number of hydrogen-bond acceptors (Lipinski definition) is 2. The molecule has 0 aliphatic carbocycles. The Morgan fingerprint density at radius 1 is 1.04 bits per heavy atom. The van der Waals surface area contributed by atoms with Crippen molar-refractivity contribution >= 4 is 23.5 Å². The van der Waals surface area contributed by atoms with Crippen LogP contribution in [0, 0.1) is 0 Å². The summed E-state index contributed by atoms with van der Waals surface area (Å²) in [4.78, 5) is 23.2. The number of halogens is 1. The van der Waals surface area contributed by atoms with Gasteiger partial charge in [-0.05, 0) is 55.7 Å². The molecule has 126 valence electrons. The lowest BCUT2D eigenvalue weighted by molar-refractivity contribution is -0.142. The second kappa shape index (κ2) is 7.49. The van der Waals surface area contributed by atoms with Crippen molar-refractivity contribution in [2.45, 2.75) is 25.7 Å². The zero-order valence-electron chi connectivity index (χ0n) is 13.7. The molecule has 24 heavy (non-hydrogen) atoms. The highest BCUT2D eigenvalue weighted by atomic mass is 35.5. The summed E-state index contributed by atoms with van der Waals surface area (Å²) in [5, 5.41) is 12.7. The number of aliphatic carboxylic acids is 1. The van der Waals surface area contributed by atoms with Crippen LogP contribution in [0.5, 0.6) is 0 Å². The van der Waals surface area contributed by atoms with Crippen molar-refractivity contribution in [1.29, 1.82) is 0 Å². The topological polar surface area (TPSA) is 66.4 Å². The molecule has 0 aliphatic rings. The Balaban J connectivity index is 1.90. The van der Waals surface area contributed by atoms with E-state index in [2.05, 4.69) is 5.32 Å². The van der Waals surface area contributed by atoms with Crippen LogP contribution in [-0.4, -0.2) is 23.5 Å². The third-order valence-corrected chi connectivity index (χ3v) is 4.27. The first-order chi connectivity index (χ1) is 11.3. The molecule has 0 fully saturated rings. The molecule has 1 amide bonds. The van der Waals surface area contributed by atoms with E-state index < -0.39 is 11.4 Å². The van der Waals surface area contributed by atoms with E-state index in [1.165, 1.54) is 0 Å². The molecular weight excluding hydrogens is 326 g/mol. The Labute approximate surface area is 146 Å². The molecule has 2 rings (SSSR count). The van der Waals surface area contributed by atoms with Gasteiger partial charge >= 0.3 is 5.97 Å². The summed E-state index contributed by atoms with van der Waals surface area (Å²) in [5.74, 6) is -0.999. The Bertz CT molecular complexity index is 721. The summed E-state index contributed by atoms with van der Waals surface area (Å²) in [6, 6.07) is 14.2. The normalized spacial score (nSPS) is 11.1. The van der Waals surface area contributed by atoms with E-state index in [0.717, 1.165) is 11.1 Å². The SMILES string of the molecule is CC(C)(C(=O)O)c1ccc(CCNC(=O)c2ccc(Cl)cc2)cc1. The second-order valence-electron chi connectivity index (χ2n) is 6.14. The van der Waals surface area contributed by atoms with Crippen molar-refractivity contribution in [3.8, 4) is 0 Å². The third-order valence-electron chi connectivity index (χ3n) is 4.02. The number of carboxylic acids is 1. The maximum Gasteiger partial charge on any atom is 0.313 e. The number of benzene rings is 2. The summed E-state index contributed by atoms with van der Waals surface area (Å²) in [6.07, 6.45) is 0.674. The molecule has 0 heterocycles. The fourth-order valence-electron chi connectivity index (χ4n) is 2.24. The van der Waals surface area contributed by atoms with Crippen LogP contribution in [0.4, 0.5) is 0 Å². The van der Waals surface area contributed by atoms with Gasteiger partial charge in [0, 0.05) is 17.1 Å². The van der Waals surface area contributed by atoms with E-state index in [-0.39, 0.29) is 5.91 Å². The van der Waals surface area contributed by atoms with Crippen LogP contribution >= 0.6 is 11.6 Å². The number of rotatable bonds is 6. The Kier molecular flexibility index (Phi) is 5.62. The fourth-order valence-corrected chi connectivity index (χ4v) is 2.36. The van der Waals surface area contributed by atoms with Crippen molar-refractivity contribution in [3.05, 3.63) is 70.2 Å². The highest BCUT2D eigenvalue weighted by Crippen LogP contribution is 2.23. The molecule has 2 aromatic rings. The van der Waals surface area contributed by atoms with E-state index in [4.69, 9.17) is 11.6 Å². The Morgan fingerprint density at radius 3 is 2.17 bits per heavy atom. The van der Waals surface area contributed by atoms with Crippen LogP contribution in [-0.2, 0) is 16.6 Å². The highest BCUT2D eigenvalue weighted by Gasteiger charge is 2.28. The van der Waals surface area contributed by atoms with Gasteiger partial charge in [0.15, 0.2) is 0 Å². The minimum absolute atomic E-state index is 0.143. The van der Waals surface area contributed by atoms with E-state index >= 15 is 0 Å². The number of nitrogens with one attached hydrogen (secondary N) is 1. The average molecular weight is 346 g/mol. The molecule has 5 heteroatoms. The number of carbonyl (C=O) groups is 2. The quantitative estimate of drug-likeness (QED) is 0.839. The average Bonchev–Trinajstić information content (AvgIpc) is 2.55. The Hall–Kier alpha value is -2.33. The molecule has 4 nitrogen and oxygen atoms in total. The lowest BCUT2D eigenvalue weighted by Crippen LogP contribution is -2.28. The summed E-state index contributed by atoms with van der Waals surface area (Å²) in [7, 11) is 0. The molecule has 0 aliphatic heterocycles. The summed E-state index contributed by atoms with van der Waals surface area (Å²) in [5.41, 5.74) is 1.44. The molecule has 0 saturated carbocycles. The Morgan fingerprint density at radius 2 is 1.62 bits per heavy atom. The van der Waals surface area contributed by atoms with Crippen LogP contribution in [0.25, 0.3) is 0 Å². The standard InChI is InChI=1S/C19H20ClNO3/c1-19(2,18(23)24)15-7-3-13(4-8-15)11-12-21-17(22)14-5-9-16(20)10-6-14/h3-10H,11-12H2,1-2H3,(H,21,22)(H,23,24). The lowest BCUT2D eigenvalue weighted by atomic mass is 9.84. The first-order valence-electron chi connectivity index (χ1n) is 7.67. The number of amides is 1. The van der Waals surface area contributed by atoms with Gasteiger partial charge in [-0.1, -0.05) is 35.9 Å². The van der Waals surface area contributed by atoms with Crippen molar-refractivity contribution in [3.63, 3.8) is 0 Å². The first-order valence-corrected chi connectivity index (χ1v) is 8.05. The third kappa shape index (κ3) is 4.36. The van der Waals surface area contributed by atoms with Gasteiger partial charge in [0.2, 0.25) is 0 Å². The van der Waals surface area contributed by atoms with Gasteiger partial charge in [0.25, 0.3) is 5.91 Å². The minimum Gasteiger partial charge on any atom is -0.481 e. The van der Waals surface area contributed by atoms with Crippen LogP contribution in [0.1, 0.15) is 35.3 Å². The zero-order valence-corrected chi connectivity index (χ0v) is 14.4. The molecule has 0 atom stereocenters. The molecular formula is C19H20ClNO3. The fraction of sp³-hybridized carbons (Fsp3) is 0.263. The predicted octanol–water partition coefficient (Wildman–Crippen LogP) is 3.67. The minimum atomic E-state index is -0.915. The van der Waals surface area contributed by atoms with Crippen LogP contribution in [0.3, 0.4) is 0 Å². The number of carbonyl (C=O) groups excluding carboxylic acids is 1. The van der Waals surface area contributed by atoms with Crippen molar-refractivity contribution < 1.29 is 14.7 Å². The second-order valence-corrected chi connectivity index (χ2v) is 6.58. The molecule has 0 radical (unpaired) electrons. The number of carboxylic acid groups (broad SMARTS) is 1.